The molecule has 0 amide bonds. The van der Waals surface area contributed by atoms with Crippen LogP contribution in [0, 0.1) is 61.6 Å². The third-order valence-corrected chi connectivity index (χ3v) is 13.0. The van der Waals surface area contributed by atoms with Gasteiger partial charge in [-0.3, -0.25) is 9.59 Å². The molecule has 0 saturated heterocycles. The largest absolute Gasteiger partial charge is 0.469 e. The molecule has 196 valence electrons. The minimum absolute atomic E-state index is 0.0204. The molecular weight excluding hydrogens is 446 g/mol. The van der Waals surface area contributed by atoms with Crippen molar-refractivity contribution in [3.63, 3.8) is 0 Å². The van der Waals surface area contributed by atoms with E-state index in [4.69, 9.17) is 4.74 Å². The van der Waals surface area contributed by atoms with Gasteiger partial charge in [0, 0.05) is 5.41 Å². The summed E-state index contributed by atoms with van der Waals surface area (Å²) < 4.78 is 5.27. The van der Waals surface area contributed by atoms with Crippen molar-refractivity contribution in [1.82, 2.24) is 0 Å². The van der Waals surface area contributed by atoms with Crippen LogP contribution in [0.15, 0.2) is 23.3 Å². The summed E-state index contributed by atoms with van der Waals surface area (Å²) in [7, 11) is 1.52. The zero-order valence-electron chi connectivity index (χ0n) is 23.7. The van der Waals surface area contributed by atoms with Crippen LogP contribution in [0.3, 0.4) is 0 Å². The summed E-state index contributed by atoms with van der Waals surface area (Å²) in [5.41, 5.74) is 1.19. The summed E-state index contributed by atoms with van der Waals surface area (Å²) in [5, 5.41) is 9.88. The summed E-state index contributed by atoms with van der Waals surface area (Å²) in [6.07, 6.45) is 12.9. The Kier molecular flexibility index (Phi) is 5.42. The lowest BCUT2D eigenvalue weighted by Gasteiger charge is -2.70. The molecule has 0 spiro atoms. The van der Waals surface area contributed by atoms with Crippen molar-refractivity contribution in [3.05, 3.63) is 23.3 Å². The SMILES string of the molecule is COC(=O)[C@@]1(C)CC[C@]2(C)CC[C@]3(C)C(=CC[C@@H]4[C@@]5(C)C=C(C#N)C(=O)C(C)(C)[C@@H]5CC[C@]43C)[C@@H]2C1. The van der Waals surface area contributed by atoms with Crippen LogP contribution >= 0.6 is 0 Å². The smallest absolute Gasteiger partial charge is 0.311 e. The number of ketones is 1. The molecule has 4 nitrogen and oxygen atoms in total. The molecule has 0 aromatic rings. The monoisotopic (exact) mass is 491 g/mol. The maximum atomic E-state index is 13.2. The molecule has 5 rings (SSSR count). The lowest BCUT2D eigenvalue weighted by Crippen LogP contribution is -2.63. The van der Waals surface area contributed by atoms with E-state index in [0.29, 0.717) is 17.4 Å². The number of nitriles is 1. The standard InChI is InChI=1S/C32H45NO3/c1-27(2)23-11-12-32(7)24(30(23,5)17-20(19-33)25(27)34)10-9-21-22-18-29(4,26(35)36-8)14-13-28(22,3)15-16-31(21,32)6/h9,17,22-24H,10-16,18H2,1-8H3/t22-,23-,24+,28+,29-,30-,31+,32+/m0/s1. The number of Topliss-reactive ketones (excluding diaryl/α,β-unsaturated/α-hetero) is 1. The molecule has 3 fully saturated rings. The van der Waals surface area contributed by atoms with Crippen molar-refractivity contribution in [2.75, 3.05) is 7.11 Å². The highest BCUT2D eigenvalue weighted by Gasteiger charge is 2.68. The first kappa shape index (κ1) is 25.7. The Hall–Kier alpha value is -1.89. The Morgan fingerprint density at radius 2 is 1.67 bits per heavy atom. The number of allylic oxidation sites excluding steroid dienone is 4. The Bertz CT molecular complexity index is 1120. The third kappa shape index (κ3) is 2.98. The fraction of sp³-hybridized carbons (Fsp3) is 0.781. The van der Waals surface area contributed by atoms with Gasteiger partial charge in [-0.2, -0.15) is 5.26 Å². The first-order valence-corrected chi connectivity index (χ1v) is 14.1. The number of rotatable bonds is 1. The zero-order valence-corrected chi connectivity index (χ0v) is 23.7. The number of esters is 1. The van der Waals surface area contributed by atoms with E-state index in [1.807, 2.05) is 0 Å². The molecule has 36 heavy (non-hydrogen) atoms. The van der Waals surface area contributed by atoms with E-state index >= 15 is 0 Å². The average molecular weight is 492 g/mol. The molecular formula is C32H45NO3. The first-order valence-electron chi connectivity index (χ1n) is 14.1. The van der Waals surface area contributed by atoms with E-state index in [1.165, 1.54) is 20.0 Å². The van der Waals surface area contributed by atoms with E-state index in [1.54, 1.807) is 5.57 Å². The van der Waals surface area contributed by atoms with Crippen molar-refractivity contribution in [3.8, 4) is 6.07 Å². The molecule has 0 aromatic carbocycles. The number of hydrogen-bond acceptors (Lipinski definition) is 4. The van der Waals surface area contributed by atoms with Gasteiger partial charge in [-0.25, -0.2) is 0 Å². The van der Waals surface area contributed by atoms with Gasteiger partial charge in [0.15, 0.2) is 5.78 Å². The number of carbonyl (C=O) groups excluding carboxylic acids is 2. The highest BCUT2D eigenvalue weighted by atomic mass is 16.5. The molecule has 4 heteroatoms. The second kappa shape index (κ2) is 7.58. The van der Waals surface area contributed by atoms with Gasteiger partial charge in [-0.05, 0) is 97.7 Å². The second-order valence-corrected chi connectivity index (χ2v) is 14.8. The Labute approximate surface area is 217 Å². The quantitative estimate of drug-likeness (QED) is 0.287. The van der Waals surface area contributed by atoms with Crippen molar-refractivity contribution in [2.24, 2.45) is 50.2 Å². The van der Waals surface area contributed by atoms with Gasteiger partial charge < -0.3 is 4.74 Å². The van der Waals surface area contributed by atoms with Crippen molar-refractivity contribution in [2.45, 2.75) is 99.8 Å². The van der Waals surface area contributed by atoms with Gasteiger partial charge in [-0.15, -0.1) is 0 Å². The minimum Gasteiger partial charge on any atom is -0.469 e. The summed E-state index contributed by atoms with van der Waals surface area (Å²) in [4.78, 5) is 26.0. The molecule has 5 aliphatic carbocycles. The van der Waals surface area contributed by atoms with Crippen LogP contribution in [0.4, 0.5) is 0 Å². The lowest BCUT2D eigenvalue weighted by molar-refractivity contribution is -0.167. The number of nitrogens with zero attached hydrogens (tertiary/aromatic N) is 1. The van der Waals surface area contributed by atoms with E-state index < -0.39 is 10.8 Å². The summed E-state index contributed by atoms with van der Waals surface area (Å²) in [6.45, 7) is 16.1. The molecule has 8 atom stereocenters. The molecule has 3 saturated carbocycles. The molecule has 0 unspecified atom stereocenters. The number of carbonyl (C=O) groups is 2. The zero-order chi connectivity index (χ0) is 26.5. The van der Waals surface area contributed by atoms with Gasteiger partial charge in [-0.1, -0.05) is 59.3 Å². The maximum Gasteiger partial charge on any atom is 0.311 e. The van der Waals surface area contributed by atoms with Gasteiger partial charge >= 0.3 is 5.97 Å². The Morgan fingerprint density at radius 1 is 1.00 bits per heavy atom. The maximum absolute atomic E-state index is 13.2. The summed E-state index contributed by atoms with van der Waals surface area (Å²) in [6, 6.07) is 2.26. The lowest BCUT2D eigenvalue weighted by atomic mass is 9.34. The minimum atomic E-state index is -0.516. The van der Waals surface area contributed by atoms with Crippen LogP contribution in [0.1, 0.15) is 99.8 Å². The van der Waals surface area contributed by atoms with Crippen LogP contribution < -0.4 is 0 Å². The summed E-state index contributed by atoms with van der Waals surface area (Å²) >= 11 is 0. The summed E-state index contributed by atoms with van der Waals surface area (Å²) in [5.74, 6) is 0.984. The fourth-order valence-electron chi connectivity index (χ4n) is 10.4. The predicted octanol–water partition coefficient (Wildman–Crippen LogP) is 7.20. The fourth-order valence-corrected chi connectivity index (χ4v) is 10.4. The van der Waals surface area contributed by atoms with Crippen LogP contribution in [-0.2, 0) is 14.3 Å². The van der Waals surface area contributed by atoms with Crippen LogP contribution in [0.5, 0.6) is 0 Å². The van der Waals surface area contributed by atoms with Gasteiger partial charge in [0.2, 0.25) is 0 Å². The highest BCUT2D eigenvalue weighted by molar-refractivity contribution is 6.04. The Balaban J connectivity index is 1.61. The number of ether oxygens (including phenoxy) is 1. The van der Waals surface area contributed by atoms with Gasteiger partial charge in [0.25, 0.3) is 0 Å². The average Bonchev–Trinajstić information content (AvgIpc) is 2.82. The normalized spacial score (nSPS) is 49.2. The second-order valence-electron chi connectivity index (χ2n) is 14.8. The number of methoxy groups -OCH3 is 1. The van der Waals surface area contributed by atoms with Crippen molar-refractivity contribution in [1.29, 1.82) is 5.26 Å². The number of hydrogen-bond donors (Lipinski definition) is 0. The van der Waals surface area contributed by atoms with Gasteiger partial charge in [0.1, 0.15) is 6.07 Å². The molecule has 0 radical (unpaired) electrons. The third-order valence-electron chi connectivity index (χ3n) is 13.0. The molecule has 0 heterocycles. The molecule has 0 N–H and O–H groups in total. The predicted molar refractivity (Wildman–Crippen MR) is 141 cm³/mol. The van der Waals surface area contributed by atoms with Crippen LogP contribution in [0.2, 0.25) is 0 Å². The topological polar surface area (TPSA) is 67.2 Å². The molecule has 0 aliphatic heterocycles. The van der Waals surface area contributed by atoms with E-state index in [-0.39, 0.29) is 39.3 Å². The van der Waals surface area contributed by atoms with Gasteiger partial charge in [0.05, 0.1) is 18.1 Å². The van der Waals surface area contributed by atoms with E-state index in [9.17, 15) is 14.9 Å². The van der Waals surface area contributed by atoms with Crippen molar-refractivity contribution >= 4 is 11.8 Å². The Morgan fingerprint density at radius 3 is 2.31 bits per heavy atom. The number of fused-ring (bicyclic) bond motifs is 7. The highest BCUT2D eigenvalue weighted by Crippen LogP contribution is 2.75. The first-order chi connectivity index (χ1) is 16.6. The van der Waals surface area contributed by atoms with Crippen LogP contribution in [-0.4, -0.2) is 18.9 Å². The molecule has 5 aliphatic rings. The van der Waals surface area contributed by atoms with Crippen LogP contribution in [0.25, 0.3) is 0 Å². The van der Waals surface area contributed by atoms with Crippen molar-refractivity contribution < 1.29 is 14.3 Å². The molecule has 0 bridgehead atoms. The van der Waals surface area contributed by atoms with E-state index in [0.717, 1.165) is 38.5 Å². The van der Waals surface area contributed by atoms with E-state index in [2.05, 4.69) is 66.7 Å². The molecule has 0 aromatic heterocycles.